The summed E-state index contributed by atoms with van der Waals surface area (Å²) in [5, 5.41) is 6.27. The molecule has 2 aromatic rings. The largest absolute Gasteiger partial charge is 0.449 e. The number of alkyl carbamates (subject to hydrolysis) is 1. The number of fused-ring (bicyclic) bond motifs is 3. The van der Waals surface area contributed by atoms with E-state index < -0.39 is 0 Å². The van der Waals surface area contributed by atoms with Crippen molar-refractivity contribution in [3.8, 4) is 11.1 Å². The molecular weight excluding hydrogens is 312 g/mol. The predicted octanol–water partition coefficient (Wildman–Crippen LogP) is 3.52. The molecular formula is C21H24N2O2. The Bertz CT molecular complexity index is 708. The lowest BCUT2D eigenvalue weighted by Crippen LogP contribution is -2.36. The molecule has 25 heavy (non-hydrogen) atoms. The molecule has 1 aliphatic heterocycles. The second-order valence-corrected chi connectivity index (χ2v) is 6.90. The first kappa shape index (κ1) is 16.2. The molecule has 1 aliphatic carbocycles. The number of ether oxygens (including phenoxy) is 1. The minimum atomic E-state index is -0.305. The van der Waals surface area contributed by atoms with Crippen LogP contribution in [0.25, 0.3) is 11.1 Å². The molecule has 4 nitrogen and oxygen atoms in total. The van der Waals surface area contributed by atoms with E-state index in [1.165, 1.54) is 22.3 Å². The molecule has 1 amide bonds. The highest BCUT2D eigenvalue weighted by Crippen LogP contribution is 2.44. The summed E-state index contributed by atoms with van der Waals surface area (Å²) in [7, 11) is 0. The van der Waals surface area contributed by atoms with Gasteiger partial charge in [-0.2, -0.15) is 0 Å². The molecule has 0 saturated carbocycles. The van der Waals surface area contributed by atoms with Crippen LogP contribution in [-0.4, -0.2) is 32.3 Å². The van der Waals surface area contributed by atoms with E-state index in [2.05, 4.69) is 59.2 Å². The minimum Gasteiger partial charge on any atom is -0.449 e. The number of benzene rings is 2. The van der Waals surface area contributed by atoms with Gasteiger partial charge in [0.1, 0.15) is 6.61 Å². The number of nitrogens with one attached hydrogen (secondary N) is 2. The third-order valence-corrected chi connectivity index (χ3v) is 5.34. The minimum absolute atomic E-state index is 0.122. The van der Waals surface area contributed by atoms with E-state index in [1.807, 2.05) is 0 Å². The normalized spacial score (nSPS) is 17.0. The van der Waals surface area contributed by atoms with E-state index in [0.29, 0.717) is 19.1 Å². The fourth-order valence-corrected chi connectivity index (χ4v) is 3.96. The van der Waals surface area contributed by atoms with Crippen LogP contribution in [0.15, 0.2) is 48.5 Å². The quantitative estimate of drug-likeness (QED) is 0.898. The van der Waals surface area contributed by atoms with E-state index in [-0.39, 0.29) is 12.0 Å². The van der Waals surface area contributed by atoms with Crippen molar-refractivity contribution in [1.82, 2.24) is 10.6 Å². The van der Waals surface area contributed by atoms with Gasteiger partial charge in [-0.1, -0.05) is 48.5 Å². The summed E-state index contributed by atoms with van der Waals surface area (Å²) in [6.07, 6.45) is 1.92. The third kappa shape index (κ3) is 3.40. The predicted molar refractivity (Wildman–Crippen MR) is 98.7 cm³/mol. The summed E-state index contributed by atoms with van der Waals surface area (Å²) >= 11 is 0. The summed E-state index contributed by atoms with van der Waals surface area (Å²) in [4.78, 5) is 12.1. The first-order valence-corrected chi connectivity index (χ1v) is 9.12. The van der Waals surface area contributed by atoms with Crippen LogP contribution in [0, 0.1) is 5.92 Å². The lowest BCUT2D eigenvalue weighted by Gasteiger charge is -2.22. The number of rotatable bonds is 4. The Balaban J connectivity index is 1.38. The zero-order chi connectivity index (χ0) is 17.1. The van der Waals surface area contributed by atoms with Crippen molar-refractivity contribution in [2.24, 2.45) is 5.92 Å². The number of carbonyl (C=O) groups excluding carboxylic acids is 1. The highest BCUT2D eigenvalue weighted by atomic mass is 16.5. The highest BCUT2D eigenvalue weighted by Gasteiger charge is 2.29. The molecule has 1 fully saturated rings. The SMILES string of the molecule is O=C(NCC1CCNCC1)OCC1c2ccccc2-c2ccccc21. The molecule has 4 heteroatoms. The molecule has 1 heterocycles. The molecule has 4 rings (SSSR count). The Morgan fingerprint density at radius 2 is 1.60 bits per heavy atom. The first-order valence-electron chi connectivity index (χ1n) is 9.12. The standard InChI is InChI=1S/C21H24N2O2/c24-21(23-13-15-9-11-22-12-10-15)25-14-20-18-7-3-1-5-16(18)17-6-2-4-8-19(17)20/h1-8,15,20,22H,9-14H2,(H,23,24). The van der Waals surface area contributed by atoms with Gasteiger partial charge in [0.05, 0.1) is 0 Å². The summed E-state index contributed by atoms with van der Waals surface area (Å²) in [6, 6.07) is 16.8. The molecule has 0 spiro atoms. The fourth-order valence-electron chi connectivity index (χ4n) is 3.96. The summed E-state index contributed by atoms with van der Waals surface area (Å²) in [5.41, 5.74) is 4.99. The Kier molecular flexibility index (Phi) is 4.70. The summed E-state index contributed by atoms with van der Waals surface area (Å²) in [6.45, 7) is 3.17. The number of piperidine rings is 1. The molecule has 2 aliphatic rings. The van der Waals surface area contributed by atoms with E-state index >= 15 is 0 Å². The van der Waals surface area contributed by atoms with Crippen molar-refractivity contribution < 1.29 is 9.53 Å². The van der Waals surface area contributed by atoms with Crippen LogP contribution in [-0.2, 0) is 4.74 Å². The molecule has 0 radical (unpaired) electrons. The maximum absolute atomic E-state index is 12.1. The van der Waals surface area contributed by atoms with Crippen molar-refractivity contribution in [2.75, 3.05) is 26.2 Å². The van der Waals surface area contributed by atoms with Crippen LogP contribution < -0.4 is 10.6 Å². The highest BCUT2D eigenvalue weighted by molar-refractivity contribution is 5.79. The van der Waals surface area contributed by atoms with Gasteiger partial charge < -0.3 is 15.4 Å². The van der Waals surface area contributed by atoms with Gasteiger partial charge in [0.25, 0.3) is 0 Å². The van der Waals surface area contributed by atoms with Crippen molar-refractivity contribution in [1.29, 1.82) is 0 Å². The van der Waals surface area contributed by atoms with Gasteiger partial charge >= 0.3 is 6.09 Å². The number of hydrogen-bond donors (Lipinski definition) is 2. The molecule has 0 aromatic heterocycles. The Morgan fingerprint density at radius 1 is 1.00 bits per heavy atom. The Hall–Kier alpha value is -2.33. The van der Waals surface area contributed by atoms with Crippen molar-refractivity contribution in [2.45, 2.75) is 18.8 Å². The van der Waals surface area contributed by atoms with Crippen molar-refractivity contribution in [3.63, 3.8) is 0 Å². The van der Waals surface area contributed by atoms with E-state index in [4.69, 9.17) is 4.74 Å². The molecule has 0 unspecified atom stereocenters. The van der Waals surface area contributed by atoms with Gasteiger partial charge in [-0.15, -0.1) is 0 Å². The topological polar surface area (TPSA) is 50.4 Å². The Labute approximate surface area is 148 Å². The molecule has 130 valence electrons. The maximum atomic E-state index is 12.1. The van der Waals surface area contributed by atoms with Crippen molar-refractivity contribution >= 4 is 6.09 Å². The average molecular weight is 336 g/mol. The number of amides is 1. The fraction of sp³-hybridized carbons (Fsp3) is 0.381. The number of carbonyl (C=O) groups is 1. The maximum Gasteiger partial charge on any atom is 0.407 e. The van der Waals surface area contributed by atoms with Gasteiger partial charge in [0.15, 0.2) is 0 Å². The molecule has 2 aromatic carbocycles. The second-order valence-electron chi connectivity index (χ2n) is 6.90. The van der Waals surface area contributed by atoms with Crippen LogP contribution in [0.4, 0.5) is 4.79 Å². The van der Waals surface area contributed by atoms with Crippen LogP contribution in [0.3, 0.4) is 0 Å². The van der Waals surface area contributed by atoms with Gasteiger partial charge in [0.2, 0.25) is 0 Å². The van der Waals surface area contributed by atoms with Crippen LogP contribution in [0.5, 0.6) is 0 Å². The van der Waals surface area contributed by atoms with Crippen LogP contribution >= 0.6 is 0 Å². The molecule has 1 saturated heterocycles. The monoisotopic (exact) mass is 336 g/mol. The summed E-state index contributed by atoms with van der Waals surface area (Å²) < 4.78 is 5.57. The Morgan fingerprint density at radius 3 is 2.24 bits per heavy atom. The zero-order valence-corrected chi connectivity index (χ0v) is 14.3. The van der Waals surface area contributed by atoms with E-state index in [0.717, 1.165) is 25.9 Å². The number of hydrogen-bond acceptors (Lipinski definition) is 3. The van der Waals surface area contributed by atoms with Gasteiger partial charge in [-0.05, 0) is 54.1 Å². The molecule has 0 atom stereocenters. The van der Waals surface area contributed by atoms with E-state index in [1.54, 1.807) is 0 Å². The van der Waals surface area contributed by atoms with Crippen LogP contribution in [0.2, 0.25) is 0 Å². The van der Waals surface area contributed by atoms with Gasteiger partial charge in [-0.3, -0.25) is 0 Å². The lowest BCUT2D eigenvalue weighted by atomic mass is 9.98. The first-order chi connectivity index (χ1) is 12.3. The molecule has 2 N–H and O–H groups in total. The van der Waals surface area contributed by atoms with Crippen LogP contribution in [0.1, 0.15) is 29.9 Å². The third-order valence-electron chi connectivity index (χ3n) is 5.34. The zero-order valence-electron chi connectivity index (χ0n) is 14.3. The second kappa shape index (κ2) is 7.28. The lowest BCUT2D eigenvalue weighted by molar-refractivity contribution is 0.140. The average Bonchev–Trinajstić information content (AvgIpc) is 2.99. The van der Waals surface area contributed by atoms with Gasteiger partial charge in [0, 0.05) is 12.5 Å². The smallest absolute Gasteiger partial charge is 0.407 e. The van der Waals surface area contributed by atoms with Gasteiger partial charge in [-0.25, -0.2) is 4.79 Å². The van der Waals surface area contributed by atoms with Crippen molar-refractivity contribution in [3.05, 3.63) is 59.7 Å². The summed E-state index contributed by atoms with van der Waals surface area (Å²) in [5.74, 6) is 0.679. The van der Waals surface area contributed by atoms with E-state index in [9.17, 15) is 4.79 Å². The molecule has 0 bridgehead atoms.